The van der Waals surface area contributed by atoms with Crippen molar-refractivity contribution in [1.29, 1.82) is 5.26 Å². The van der Waals surface area contributed by atoms with Gasteiger partial charge in [0.15, 0.2) is 5.69 Å². The van der Waals surface area contributed by atoms with E-state index in [0.29, 0.717) is 16.3 Å². The van der Waals surface area contributed by atoms with E-state index >= 15 is 0 Å². The van der Waals surface area contributed by atoms with Crippen molar-refractivity contribution >= 4 is 23.2 Å². The number of nitriles is 1. The Morgan fingerprint density at radius 3 is 3.00 bits per heavy atom. The molecule has 3 rings (SSSR count). The van der Waals surface area contributed by atoms with Crippen LogP contribution in [0, 0.1) is 11.3 Å². The standard InChI is InChI=1S/C13H11ClN6O/c14-10-2-1-8(4-15)3-11(10)17-13(21)12-7-20(19-18-12)9-5-16-6-9/h1-3,7,9,16H,5-6H2,(H,17,21). The molecule has 2 heterocycles. The Balaban J connectivity index is 1.77. The fourth-order valence-corrected chi connectivity index (χ4v) is 2.06. The molecule has 1 aromatic carbocycles. The minimum absolute atomic E-state index is 0.209. The van der Waals surface area contributed by atoms with Crippen molar-refractivity contribution in [3.63, 3.8) is 0 Å². The van der Waals surface area contributed by atoms with Gasteiger partial charge in [0.1, 0.15) is 0 Å². The molecule has 21 heavy (non-hydrogen) atoms. The molecule has 8 heteroatoms. The third-order valence-corrected chi connectivity index (χ3v) is 3.55. The van der Waals surface area contributed by atoms with E-state index in [2.05, 4.69) is 20.9 Å². The molecule has 1 amide bonds. The predicted molar refractivity (Wildman–Crippen MR) is 76.0 cm³/mol. The summed E-state index contributed by atoms with van der Waals surface area (Å²) in [5.41, 5.74) is 1.000. The fraction of sp³-hybridized carbons (Fsp3) is 0.231. The highest BCUT2D eigenvalue weighted by atomic mass is 35.5. The highest BCUT2D eigenvalue weighted by Gasteiger charge is 2.22. The van der Waals surface area contributed by atoms with Crippen LogP contribution in [0.1, 0.15) is 22.1 Å². The first-order valence-corrected chi connectivity index (χ1v) is 6.68. The monoisotopic (exact) mass is 302 g/mol. The van der Waals surface area contributed by atoms with E-state index in [-0.39, 0.29) is 11.7 Å². The molecule has 2 aromatic rings. The summed E-state index contributed by atoms with van der Waals surface area (Å²) in [6.45, 7) is 1.64. The van der Waals surface area contributed by atoms with Crippen LogP contribution in [0.15, 0.2) is 24.4 Å². The minimum atomic E-state index is -0.412. The van der Waals surface area contributed by atoms with Crippen LogP contribution in [-0.4, -0.2) is 34.0 Å². The van der Waals surface area contributed by atoms with Gasteiger partial charge in [-0.15, -0.1) is 5.10 Å². The minimum Gasteiger partial charge on any atom is -0.319 e. The lowest BCUT2D eigenvalue weighted by Crippen LogP contribution is -2.43. The molecule has 106 valence electrons. The van der Waals surface area contributed by atoms with Crippen molar-refractivity contribution in [1.82, 2.24) is 20.3 Å². The van der Waals surface area contributed by atoms with Crippen LogP contribution in [0.3, 0.4) is 0 Å². The largest absolute Gasteiger partial charge is 0.319 e. The second-order valence-electron chi connectivity index (χ2n) is 4.66. The number of hydrogen-bond donors (Lipinski definition) is 2. The molecule has 1 fully saturated rings. The molecule has 0 unspecified atom stereocenters. The van der Waals surface area contributed by atoms with Gasteiger partial charge >= 0.3 is 0 Å². The Kier molecular flexibility index (Phi) is 3.56. The van der Waals surface area contributed by atoms with E-state index in [1.807, 2.05) is 6.07 Å². The van der Waals surface area contributed by atoms with Crippen LogP contribution in [-0.2, 0) is 0 Å². The summed E-state index contributed by atoms with van der Waals surface area (Å²) in [5, 5.41) is 22.8. The van der Waals surface area contributed by atoms with E-state index in [1.165, 1.54) is 6.07 Å². The molecule has 2 N–H and O–H groups in total. The van der Waals surface area contributed by atoms with E-state index < -0.39 is 5.91 Å². The SMILES string of the molecule is N#Cc1ccc(Cl)c(NC(=O)c2cn(C3CNC3)nn2)c1. The van der Waals surface area contributed by atoms with Gasteiger partial charge in [-0.3, -0.25) is 4.79 Å². The van der Waals surface area contributed by atoms with Crippen molar-refractivity contribution in [2.75, 3.05) is 18.4 Å². The number of nitrogens with one attached hydrogen (secondary N) is 2. The molecule has 0 radical (unpaired) electrons. The Morgan fingerprint density at radius 2 is 2.33 bits per heavy atom. The summed E-state index contributed by atoms with van der Waals surface area (Å²) in [6, 6.07) is 6.89. The average Bonchev–Trinajstić information content (AvgIpc) is 2.88. The van der Waals surface area contributed by atoms with Gasteiger partial charge in [0.25, 0.3) is 5.91 Å². The number of benzene rings is 1. The second kappa shape index (κ2) is 5.52. The molecular formula is C13H11ClN6O. The Morgan fingerprint density at radius 1 is 1.52 bits per heavy atom. The summed E-state index contributed by atoms with van der Waals surface area (Å²) in [7, 11) is 0. The molecule has 0 atom stereocenters. The van der Waals surface area contributed by atoms with Crippen LogP contribution in [0.5, 0.6) is 0 Å². The number of aromatic nitrogens is 3. The third-order valence-electron chi connectivity index (χ3n) is 3.22. The summed E-state index contributed by atoms with van der Waals surface area (Å²) >= 11 is 6.00. The number of amides is 1. The maximum atomic E-state index is 12.1. The quantitative estimate of drug-likeness (QED) is 0.888. The van der Waals surface area contributed by atoms with E-state index in [0.717, 1.165) is 13.1 Å². The lowest BCUT2D eigenvalue weighted by molar-refractivity contribution is 0.102. The van der Waals surface area contributed by atoms with Gasteiger partial charge in [0.05, 0.1) is 34.6 Å². The number of rotatable bonds is 3. The molecule has 1 aliphatic rings. The number of nitrogens with zero attached hydrogens (tertiary/aromatic N) is 4. The van der Waals surface area contributed by atoms with Gasteiger partial charge in [0, 0.05) is 13.1 Å². The summed E-state index contributed by atoms with van der Waals surface area (Å²) in [4.78, 5) is 12.1. The third kappa shape index (κ3) is 2.72. The first-order valence-electron chi connectivity index (χ1n) is 6.31. The number of hydrogen-bond acceptors (Lipinski definition) is 5. The highest BCUT2D eigenvalue weighted by molar-refractivity contribution is 6.33. The van der Waals surface area contributed by atoms with E-state index in [4.69, 9.17) is 16.9 Å². The number of carbonyl (C=O) groups is 1. The average molecular weight is 303 g/mol. The van der Waals surface area contributed by atoms with Crippen LogP contribution in [0.2, 0.25) is 5.02 Å². The van der Waals surface area contributed by atoms with Crippen molar-refractivity contribution in [3.8, 4) is 6.07 Å². The summed E-state index contributed by atoms with van der Waals surface area (Å²) in [6.07, 6.45) is 1.60. The fourth-order valence-electron chi connectivity index (χ4n) is 1.90. The second-order valence-corrected chi connectivity index (χ2v) is 5.06. The van der Waals surface area contributed by atoms with Gasteiger partial charge in [-0.2, -0.15) is 5.26 Å². The van der Waals surface area contributed by atoms with Crippen LogP contribution in [0.4, 0.5) is 5.69 Å². The van der Waals surface area contributed by atoms with Crippen molar-refractivity contribution in [3.05, 3.63) is 40.7 Å². The Bertz CT molecular complexity index is 731. The van der Waals surface area contributed by atoms with Gasteiger partial charge < -0.3 is 10.6 Å². The van der Waals surface area contributed by atoms with Gasteiger partial charge in [-0.25, -0.2) is 4.68 Å². The zero-order chi connectivity index (χ0) is 14.8. The Labute approximate surface area is 125 Å². The molecular weight excluding hydrogens is 292 g/mol. The topological polar surface area (TPSA) is 95.6 Å². The maximum Gasteiger partial charge on any atom is 0.277 e. The molecule has 0 bridgehead atoms. The molecule has 7 nitrogen and oxygen atoms in total. The molecule has 1 aliphatic heterocycles. The predicted octanol–water partition coefficient (Wildman–Crippen LogP) is 1.20. The van der Waals surface area contributed by atoms with Crippen LogP contribution < -0.4 is 10.6 Å². The molecule has 0 saturated carbocycles. The van der Waals surface area contributed by atoms with Crippen molar-refractivity contribution in [2.45, 2.75) is 6.04 Å². The van der Waals surface area contributed by atoms with Gasteiger partial charge in [0.2, 0.25) is 0 Å². The first-order chi connectivity index (χ1) is 10.2. The van der Waals surface area contributed by atoms with Gasteiger partial charge in [-0.1, -0.05) is 16.8 Å². The van der Waals surface area contributed by atoms with E-state index in [1.54, 1.807) is 23.0 Å². The summed E-state index contributed by atoms with van der Waals surface area (Å²) in [5.74, 6) is -0.412. The normalized spacial score (nSPS) is 14.3. The summed E-state index contributed by atoms with van der Waals surface area (Å²) < 4.78 is 1.67. The molecule has 1 aromatic heterocycles. The number of halogens is 1. The molecule has 1 saturated heterocycles. The molecule has 0 spiro atoms. The first kappa shape index (κ1) is 13.5. The lowest BCUT2D eigenvalue weighted by atomic mass is 10.2. The molecule has 0 aliphatic carbocycles. The van der Waals surface area contributed by atoms with E-state index in [9.17, 15) is 4.79 Å². The lowest BCUT2D eigenvalue weighted by Gasteiger charge is -2.26. The maximum absolute atomic E-state index is 12.1. The number of anilines is 1. The number of carbonyl (C=O) groups excluding carboxylic acids is 1. The zero-order valence-corrected chi connectivity index (χ0v) is 11.6. The van der Waals surface area contributed by atoms with Crippen LogP contribution >= 0.6 is 11.6 Å². The van der Waals surface area contributed by atoms with Crippen LogP contribution in [0.25, 0.3) is 0 Å². The van der Waals surface area contributed by atoms with Crippen molar-refractivity contribution in [2.24, 2.45) is 0 Å². The zero-order valence-electron chi connectivity index (χ0n) is 10.9. The highest BCUT2D eigenvalue weighted by Crippen LogP contribution is 2.23. The van der Waals surface area contributed by atoms with Gasteiger partial charge in [-0.05, 0) is 18.2 Å². The van der Waals surface area contributed by atoms with Crippen molar-refractivity contribution < 1.29 is 4.79 Å². The Hall–Kier alpha value is -2.43. The smallest absolute Gasteiger partial charge is 0.277 e.